The minimum Gasteiger partial charge on any atom is -0.497 e. The fraction of sp³-hybridized carbons (Fsp3) is 0.267. The maximum absolute atomic E-state index is 13.2. The number of aromatic amines is 2. The first kappa shape index (κ1) is 23.5. The highest BCUT2D eigenvalue weighted by atomic mass is 16.5. The lowest BCUT2D eigenvalue weighted by Crippen LogP contribution is -2.43. The van der Waals surface area contributed by atoms with Gasteiger partial charge in [-0.15, -0.1) is 0 Å². The molecule has 3 aromatic heterocycles. The smallest absolute Gasteiger partial charge is 0.226 e. The summed E-state index contributed by atoms with van der Waals surface area (Å²) in [6.45, 7) is 1.35. The van der Waals surface area contributed by atoms with Crippen LogP contribution in [0.3, 0.4) is 0 Å². The number of benzene rings is 2. The molecular formula is C30H29N7O2. The second kappa shape index (κ2) is 9.58. The van der Waals surface area contributed by atoms with Crippen molar-refractivity contribution in [2.45, 2.75) is 25.2 Å². The summed E-state index contributed by atoms with van der Waals surface area (Å²) in [5, 5.41) is 12.4. The zero-order valence-corrected chi connectivity index (χ0v) is 21.6. The number of nitrogens with zero attached hydrogens (tertiary/aromatic N) is 4. The molecule has 0 bridgehead atoms. The van der Waals surface area contributed by atoms with Gasteiger partial charge in [0.15, 0.2) is 0 Å². The molecular weight excluding hydrogens is 490 g/mol. The van der Waals surface area contributed by atoms with Crippen LogP contribution in [-0.4, -0.2) is 56.2 Å². The molecule has 1 aliphatic carbocycles. The van der Waals surface area contributed by atoms with E-state index in [0.717, 1.165) is 70.7 Å². The van der Waals surface area contributed by atoms with E-state index in [0.29, 0.717) is 12.5 Å². The molecule has 2 aromatic carbocycles. The van der Waals surface area contributed by atoms with Crippen molar-refractivity contribution in [1.29, 1.82) is 0 Å². The Morgan fingerprint density at radius 3 is 2.90 bits per heavy atom. The van der Waals surface area contributed by atoms with Gasteiger partial charge in [-0.3, -0.25) is 9.89 Å². The Bertz CT molecular complexity index is 1710. The van der Waals surface area contributed by atoms with E-state index in [1.54, 1.807) is 19.6 Å². The zero-order chi connectivity index (χ0) is 26.3. The quantitative estimate of drug-likeness (QED) is 0.277. The lowest BCUT2D eigenvalue weighted by Gasteiger charge is -2.38. The fourth-order valence-corrected chi connectivity index (χ4v) is 5.73. The molecule has 4 heterocycles. The second-order valence-corrected chi connectivity index (χ2v) is 10.4. The number of methoxy groups -OCH3 is 1. The van der Waals surface area contributed by atoms with E-state index in [2.05, 4.69) is 54.7 Å². The molecule has 39 heavy (non-hydrogen) atoms. The van der Waals surface area contributed by atoms with Crippen LogP contribution in [-0.2, 0) is 4.79 Å². The van der Waals surface area contributed by atoms with E-state index in [-0.39, 0.29) is 11.8 Å². The number of rotatable bonds is 6. The highest BCUT2D eigenvalue weighted by Gasteiger charge is 2.38. The molecule has 1 fully saturated rings. The molecule has 0 atom stereocenters. The predicted octanol–water partition coefficient (Wildman–Crippen LogP) is 5.40. The summed E-state index contributed by atoms with van der Waals surface area (Å²) in [6.07, 6.45) is 8.15. The third-order valence-corrected chi connectivity index (χ3v) is 8.05. The van der Waals surface area contributed by atoms with Gasteiger partial charge in [-0.1, -0.05) is 18.2 Å². The molecule has 9 nitrogen and oxygen atoms in total. The van der Waals surface area contributed by atoms with Crippen LogP contribution in [0.25, 0.3) is 27.5 Å². The predicted molar refractivity (Wildman–Crippen MR) is 151 cm³/mol. The summed E-state index contributed by atoms with van der Waals surface area (Å²) in [6, 6.07) is 16.3. The molecule has 2 aliphatic rings. The molecule has 0 radical (unpaired) electrons. The number of hydrogen-bond acceptors (Lipinski definition) is 6. The Kier molecular flexibility index (Phi) is 5.76. The van der Waals surface area contributed by atoms with Crippen LogP contribution in [0.5, 0.6) is 5.75 Å². The minimum atomic E-state index is 0.106. The molecule has 5 aromatic rings. The van der Waals surface area contributed by atoms with E-state index < -0.39 is 0 Å². The van der Waals surface area contributed by atoms with Gasteiger partial charge in [-0.25, -0.2) is 9.97 Å². The number of aromatic nitrogens is 5. The van der Waals surface area contributed by atoms with E-state index in [4.69, 9.17) is 4.74 Å². The standard InChI is InChI=1S/C30H29N7O2/c1-39-24-4-2-3-19(14-24)20-11-21(12-20)30(38)37-9-7-18(8-10-37)27-15-25-28(31-17-32-29(25)35-27)34-23-5-6-26-22(13-23)16-33-36-26/h2-7,13-17,20-21H,8-12H2,1H3,(H,33,36)(H2,31,32,34,35). The molecule has 0 saturated heterocycles. The summed E-state index contributed by atoms with van der Waals surface area (Å²) in [4.78, 5) is 27.6. The number of ether oxygens (including phenoxy) is 1. The first-order chi connectivity index (χ1) is 19.1. The van der Waals surface area contributed by atoms with Gasteiger partial charge in [0, 0.05) is 35.8 Å². The number of amides is 1. The van der Waals surface area contributed by atoms with Crippen LogP contribution in [0.15, 0.2) is 67.1 Å². The lowest BCUT2D eigenvalue weighted by atomic mass is 9.70. The molecule has 7 rings (SSSR count). The van der Waals surface area contributed by atoms with Crippen molar-refractivity contribution in [3.63, 3.8) is 0 Å². The van der Waals surface area contributed by atoms with Crippen LogP contribution >= 0.6 is 0 Å². The van der Waals surface area contributed by atoms with Crippen molar-refractivity contribution in [1.82, 2.24) is 30.0 Å². The van der Waals surface area contributed by atoms with Crippen molar-refractivity contribution in [3.05, 3.63) is 78.4 Å². The molecule has 0 spiro atoms. The average Bonchev–Trinajstić information content (AvgIpc) is 3.60. The summed E-state index contributed by atoms with van der Waals surface area (Å²) < 4.78 is 5.35. The third kappa shape index (κ3) is 4.39. The summed E-state index contributed by atoms with van der Waals surface area (Å²) >= 11 is 0. The maximum atomic E-state index is 13.2. The van der Waals surface area contributed by atoms with Gasteiger partial charge < -0.3 is 19.9 Å². The van der Waals surface area contributed by atoms with Gasteiger partial charge in [-0.2, -0.15) is 5.10 Å². The SMILES string of the molecule is COc1cccc(C2CC(C(=O)N3CC=C(c4cc5c(Nc6ccc7[nH]ncc7c6)ncnc5[nH]4)CC3)C2)c1. The molecule has 1 amide bonds. The number of hydrogen-bond donors (Lipinski definition) is 3. The highest BCUT2D eigenvalue weighted by molar-refractivity contribution is 5.93. The number of nitrogens with one attached hydrogen (secondary N) is 3. The van der Waals surface area contributed by atoms with Crippen molar-refractivity contribution in [2.24, 2.45) is 5.92 Å². The van der Waals surface area contributed by atoms with Gasteiger partial charge in [0.25, 0.3) is 0 Å². The molecule has 196 valence electrons. The Hall–Kier alpha value is -4.66. The van der Waals surface area contributed by atoms with Crippen LogP contribution < -0.4 is 10.1 Å². The van der Waals surface area contributed by atoms with E-state index in [9.17, 15) is 4.79 Å². The number of H-pyrrole nitrogens is 2. The van der Waals surface area contributed by atoms with Crippen LogP contribution in [0.2, 0.25) is 0 Å². The monoisotopic (exact) mass is 519 g/mol. The van der Waals surface area contributed by atoms with Crippen molar-refractivity contribution < 1.29 is 9.53 Å². The molecule has 0 unspecified atom stereocenters. The van der Waals surface area contributed by atoms with Gasteiger partial charge >= 0.3 is 0 Å². The Balaban J connectivity index is 1.02. The highest BCUT2D eigenvalue weighted by Crippen LogP contribution is 2.43. The zero-order valence-electron chi connectivity index (χ0n) is 21.6. The first-order valence-electron chi connectivity index (χ1n) is 13.3. The third-order valence-electron chi connectivity index (χ3n) is 8.05. The van der Waals surface area contributed by atoms with E-state index in [1.807, 2.05) is 35.2 Å². The average molecular weight is 520 g/mol. The first-order valence-corrected chi connectivity index (χ1v) is 13.3. The number of anilines is 2. The van der Waals surface area contributed by atoms with Crippen LogP contribution in [0, 0.1) is 5.92 Å². The maximum Gasteiger partial charge on any atom is 0.226 e. The number of carbonyl (C=O) groups is 1. The van der Waals surface area contributed by atoms with Crippen molar-refractivity contribution in [2.75, 3.05) is 25.5 Å². The fourth-order valence-electron chi connectivity index (χ4n) is 5.73. The van der Waals surface area contributed by atoms with Crippen molar-refractivity contribution in [3.8, 4) is 5.75 Å². The largest absolute Gasteiger partial charge is 0.497 e. The van der Waals surface area contributed by atoms with Gasteiger partial charge in [0.1, 0.15) is 23.5 Å². The van der Waals surface area contributed by atoms with E-state index >= 15 is 0 Å². The molecule has 1 saturated carbocycles. The summed E-state index contributed by atoms with van der Waals surface area (Å²) in [5.41, 5.74) is 6.19. The minimum absolute atomic E-state index is 0.106. The van der Waals surface area contributed by atoms with Gasteiger partial charge in [0.2, 0.25) is 5.91 Å². The Morgan fingerprint density at radius 2 is 2.05 bits per heavy atom. The molecule has 9 heteroatoms. The number of carbonyl (C=O) groups excluding carboxylic acids is 1. The molecule has 1 aliphatic heterocycles. The van der Waals surface area contributed by atoms with Crippen molar-refractivity contribution >= 4 is 44.9 Å². The second-order valence-electron chi connectivity index (χ2n) is 10.4. The van der Waals surface area contributed by atoms with Crippen LogP contribution in [0.4, 0.5) is 11.5 Å². The normalized spacial score (nSPS) is 19.1. The Labute approximate surface area is 225 Å². The topological polar surface area (TPSA) is 112 Å². The van der Waals surface area contributed by atoms with Gasteiger partial charge in [0.05, 0.1) is 24.2 Å². The summed E-state index contributed by atoms with van der Waals surface area (Å²) in [5.74, 6) is 2.43. The van der Waals surface area contributed by atoms with Crippen LogP contribution in [0.1, 0.15) is 36.4 Å². The molecule has 3 N–H and O–H groups in total. The summed E-state index contributed by atoms with van der Waals surface area (Å²) in [7, 11) is 1.69. The number of fused-ring (bicyclic) bond motifs is 2. The van der Waals surface area contributed by atoms with Gasteiger partial charge in [-0.05, 0) is 72.7 Å². The lowest BCUT2D eigenvalue weighted by molar-refractivity contribution is -0.138. The Morgan fingerprint density at radius 1 is 1.13 bits per heavy atom. The van der Waals surface area contributed by atoms with E-state index in [1.165, 1.54) is 11.1 Å².